The highest BCUT2D eigenvalue weighted by Gasteiger charge is 2.20. The third kappa shape index (κ3) is 2.48. The molecule has 0 unspecified atom stereocenters. The van der Waals surface area contributed by atoms with Gasteiger partial charge < -0.3 is 5.11 Å². The molecule has 1 aromatic carbocycles. The molecule has 1 nitrogen and oxygen atoms in total. The van der Waals surface area contributed by atoms with E-state index < -0.39 is 0 Å². The molecule has 1 aromatic rings. The Balaban J connectivity index is 2.33. The van der Waals surface area contributed by atoms with Crippen molar-refractivity contribution < 1.29 is 5.11 Å². The predicted octanol–water partition coefficient (Wildman–Crippen LogP) is 4.86. The molecule has 0 spiro atoms. The maximum absolute atomic E-state index is 9.97. The zero-order valence-electron chi connectivity index (χ0n) is 8.47. The molecule has 2 rings (SSSR count). The van der Waals surface area contributed by atoms with E-state index in [0.29, 0.717) is 21.2 Å². The van der Waals surface area contributed by atoms with E-state index in [1.807, 2.05) is 6.07 Å². The summed E-state index contributed by atoms with van der Waals surface area (Å²) in [6.07, 6.45) is 6.17. The molecule has 0 aromatic heterocycles. The summed E-state index contributed by atoms with van der Waals surface area (Å²) in [5, 5.41) is 10.7. The number of rotatable bonds is 1. The normalized spacial score (nSPS) is 18.0. The Labute approximate surface area is 104 Å². The summed E-state index contributed by atoms with van der Waals surface area (Å²) < 4.78 is 0.704. The molecule has 1 fully saturated rings. The highest BCUT2D eigenvalue weighted by atomic mass is 79.9. The Bertz CT molecular complexity index is 359. The molecule has 1 saturated carbocycles. The van der Waals surface area contributed by atoms with Crippen molar-refractivity contribution in [2.75, 3.05) is 0 Å². The number of halogens is 2. The van der Waals surface area contributed by atoms with Crippen LogP contribution in [-0.4, -0.2) is 5.11 Å². The van der Waals surface area contributed by atoms with Gasteiger partial charge in [0.1, 0.15) is 5.75 Å². The maximum atomic E-state index is 9.97. The molecule has 0 amide bonds. The topological polar surface area (TPSA) is 20.2 Å². The van der Waals surface area contributed by atoms with Gasteiger partial charge in [0, 0.05) is 5.02 Å². The summed E-state index contributed by atoms with van der Waals surface area (Å²) >= 11 is 9.33. The van der Waals surface area contributed by atoms with Crippen LogP contribution in [-0.2, 0) is 0 Å². The number of benzene rings is 1. The zero-order chi connectivity index (χ0) is 10.8. The van der Waals surface area contributed by atoms with Crippen LogP contribution >= 0.6 is 27.5 Å². The van der Waals surface area contributed by atoms with E-state index in [-0.39, 0.29) is 0 Å². The van der Waals surface area contributed by atoms with E-state index >= 15 is 0 Å². The maximum Gasteiger partial charge on any atom is 0.133 e. The van der Waals surface area contributed by atoms with Crippen LogP contribution in [0.3, 0.4) is 0 Å². The molecule has 15 heavy (non-hydrogen) atoms. The second-order valence-corrected chi connectivity index (χ2v) is 5.45. The molecular formula is C12H14BrClO. The van der Waals surface area contributed by atoms with Gasteiger partial charge in [-0.1, -0.05) is 30.9 Å². The Morgan fingerprint density at radius 2 is 1.87 bits per heavy atom. The van der Waals surface area contributed by atoms with Gasteiger partial charge >= 0.3 is 0 Å². The predicted molar refractivity (Wildman–Crippen MR) is 66.6 cm³/mol. The van der Waals surface area contributed by atoms with Gasteiger partial charge in [0.2, 0.25) is 0 Å². The Morgan fingerprint density at radius 3 is 2.53 bits per heavy atom. The number of phenols is 1. The van der Waals surface area contributed by atoms with Gasteiger partial charge in [-0.15, -0.1) is 0 Å². The van der Waals surface area contributed by atoms with Gasteiger partial charge in [-0.05, 0) is 52.4 Å². The summed E-state index contributed by atoms with van der Waals surface area (Å²) in [6, 6.07) is 3.64. The van der Waals surface area contributed by atoms with Crippen molar-refractivity contribution in [2.45, 2.75) is 38.0 Å². The Kier molecular flexibility index (Phi) is 3.57. The number of hydrogen-bond acceptors (Lipinski definition) is 1. The van der Waals surface area contributed by atoms with Gasteiger partial charge in [0.15, 0.2) is 0 Å². The van der Waals surface area contributed by atoms with E-state index in [1.165, 1.54) is 32.1 Å². The lowest BCUT2D eigenvalue weighted by molar-refractivity contribution is 0.413. The third-order valence-corrected chi connectivity index (χ3v) is 3.93. The van der Waals surface area contributed by atoms with Gasteiger partial charge in [-0.3, -0.25) is 0 Å². The molecule has 0 atom stereocenters. The molecule has 1 aliphatic rings. The summed E-state index contributed by atoms with van der Waals surface area (Å²) in [6.45, 7) is 0. The first-order chi connectivity index (χ1) is 7.18. The van der Waals surface area contributed by atoms with E-state index in [2.05, 4.69) is 15.9 Å². The minimum absolute atomic E-state index is 0.367. The fourth-order valence-corrected chi connectivity index (χ4v) is 3.14. The molecule has 82 valence electrons. The van der Waals surface area contributed by atoms with Crippen molar-refractivity contribution in [2.24, 2.45) is 0 Å². The first kappa shape index (κ1) is 11.3. The molecule has 0 heterocycles. The molecular weight excluding hydrogens is 275 g/mol. The fourth-order valence-electron chi connectivity index (χ4n) is 2.31. The standard InChI is InChI=1S/C12H14BrClO/c13-11-7-9(14)6-10(12(11)15)8-4-2-1-3-5-8/h6-8,15H,1-5H2. The summed E-state index contributed by atoms with van der Waals surface area (Å²) in [4.78, 5) is 0. The SMILES string of the molecule is Oc1c(Br)cc(Cl)cc1C1CCCCC1. The highest BCUT2D eigenvalue weighted by molar-refractivity contribution is 9.10. The van der Waals surface area contributed by atoms with Crippen molar-refractivity contribution in [3.63, 3.8) is 0 Å². The van der Waals surface area contributed by atoms with Crippen molar-refractivity contribution >= 4 is 27.5 Å². The second kappa shape index (κ2) is 4.75. The molecule has 1 N–H and O–H groups in total. The van der Waals surface area contributed by atoms with Crippen molar-refractivity contribution in [3.8, 4) is 5.75 Å². The number of phenolic OH excluding ortho intramolecular Hbond substituents is 1. The van der Waals surface area contributed by atoms with E-state index in [1.54, 1.807) is 6.07 Å². The molecule has 0 saturated heterocycles. The monoisotopic (exact) mass is 288 g/mol. The lowest BCUT2D eigenvalue weighted by Gasteiger charge is -2.23. The zero-order valence-corrected chi connectivity index (χ0v) is 10.8. The summed E-state index contributed by atoms with van der Waals surface area (Å²) in [5.74, 6) is 0.847. The average Bonchev–Trinajstić information content (AvgIpc) is 2.24. The molecule has 3 heteroatoms. The van der Waals surface area contributed by atoms with Crippen molar-refractivity contribution in [3.05, 3.63) is 27.2 Å². The lowest BCUT2D eigenvalue weighted by Crippen LogP contribution is -2.04. The van der Waals surface area contributed by atoms with Gasteiger partial charge in [-0.2, -0.15) is 0 Å². The quantitative estimate of drug-likeness (QED) is 0.783. The minimum Gasteiger partial charge on any atom is -0.506 e. The van der Waals surface area contributed by atoms with Crippen LogP contribution in [0.15, 0.2) is 16.6 Å². The van der Waals surface area contributed by atoms with Gasteiger partial charge in [0.25, 0.3) is 0 Å². The lowest BCUT2D eigenvalue weighted by atomic mass is 9.84. The van der Waals surface area contributed by atoms with Crippen LogP contribution in [0, 0.1) is 0 Å². The first-order valence-electron chi connectivity index (χ1n) is 5.36. The van der Waals surface area contributed by atoms with E-state index in [9.17, 15) is 5.11 Å². The highest BCUT2D eigenvalue weighted by Crippen LogP contribution is 2.41. The molecule has 0 radical (unpaired) electrons. The fraction of sp³-hybridized carbons (Fsp3) is 0.500. The van der Waals surface area contributed by atoms with Crippen LogP contribution in [0.25, 0.3) is 0 Å². The molecule has 1 aliphatic carbocycles. The number of hydrogen-bond donors (Lipinski definition) is 1. The second-order valence-electron chi connectivity index (χ2n) is 4.16. The van der Waals surface area contributed by atoms with Gasteiger partial charge in [0.05, 0.1) is 4.47 Å². The minimum atomic E-state index is 0.367. The van der Waals surface area contributed by atoms with Crippen molar-refractivity contribution in [1.82, 2.24) is 0 Å². The van der Waals surface area contributed by atoms with E-state index in [0.717, 1.165) is 5.56 Å². The van der Waals surface area contributed by atoms with E-state index in [4.69, 9.17) is 11.6 Å². The Hall–Kier alpha value is -0.210. The molecule has 0 bridgehead atoms. The average molecular weight is 290 g/mol. The summed E-state index contributed by atoms with van der Waals surface area (Å²) in [7, 11) is 0. The molecule has 0 aliphatic heterocycles. The van der Waals surface area contributed by atoms with Crippen molar-refractivity contribution in [1.29, 1.82) is 0 Å². The van der Waals surface area contributed by atoms with Crippen LogP contribution in [0.4, 0.5) is 0 Å². The first-order valence-corrected chi connectivity index (χ1v) is 6.53. The van der Waals surface area contributed by atoms with Crippen LogP contribution < -0.4 is 0 Å². The number of aromatic hydroxyl groups is 1. The van der Waals surface area contributed by atoms with Gasteiger partial charge in [-0.25, -0.2) is 0 Å². The van der Waals surface area contributed by atoms with Crippen LogP contribution in [0.2, 0.25) is 5.02 Å². The Morgan fingerprint density at radius 1 is 1.20 bits per heavy atom. The largest absolute Gasteiger partial charge is 0.506 e. The summed E-state index contributed by atoms with van der Waals surface area (Å²) in [5.41, 5.74) is 1.01. The smallest absolute Gasteiger partial charge is 0.133 e. The third-order valence-electron chi connectivity index (χ3n) is 3.10. The van der Waals surface area contributed by atoms with Crippen LogP contribution in [0.5, 0.6) is 5.75 Å². The van der Waals surface area contributed by atoms with Crippen LogP contribution in [0.1, 0.15) is 43.6 Å².